The Hall–Kier alpha value is -4.93. The number of ether oxygens (including phenoxy) is 3. The molecule has 0 aliphatic heterocycles. The number of anilines is 1. The zero-order chi connectivity index (χ0) is 29.7. The topological polar surface area (TPSA) is 135 Å². The Morgan fingerprint density at radius 3 is 2.44 bits per heavy atom. The summed E-state index contributed by atoms with van der Waals surface area (Å²) in [5.41, 5.74) is 7.53. The van der Waals surface area contributed by atoms with Gasteiger partial charge in [-0.1, -0.05) is 30.3 Å². The summed E-state index contributed by atoms with van der Waals surface area (Å²) in [7, 11) is 3.38. The molecule has 0 bridgehead atoms. The molecule has 0 aliphatic rings. The second-order valence-corrected chi connectivity index (χ2v) is 10.2. The van der Waals surface area contributed by atoms with Gasteiger partial charge in [-0.2, -0.15) is 4.98 Å². The maximum absolute atomic E-state index is 13.2. The summed E-state index contributed by atoms with van der Waals surface area (Å²) >= 11 is 0. The number of nitrogens with two attached hydrogens (primary N) is 1. The number of hydrogen-bond acceptors (Lipinski definition) is 10. The fraction of sp³-hybridized carbons (Fsp3) is 0.300. The predicted octanol–water partition coefficient (Wildman–Crippen LogP) is 4.78. The standard InChI is InChI=1S/C30H34N6O5/c1-7-40-28(37)21(16-31)26-32-23(15-24(33-26)35(5)17-19-11-9-8-10-12-19)22-18-36(29(38)41-30(2,3)4)27-20(22)13-14-25(34-27)39-6/h8-16,18H,7,17,31H2,1-6H3. The van der Waals surface area contributed by atoms with E-state index >= 15 is 0 Å². The molecule has 0 saturated carbocycles. The van der Waals surface area contributed by atoms with Gasteiger partial charge in [-0.25, -0.2) is 24.1 Å². The Morgan fingerprint density at radius 2 is 1.80 bits per heavy atom. The van der Waals surface area contributed by atoms with Crippen LogP contribution in [0, 0.1) is 0 Å². The van der Waals surface area contributed by atoms with E-state index in [9.17, 15) is 9.59 Å². The Balaban J connectivity index is 1.92. The molecule has 0 spiro atoms. The Bertz CT molecular complexity index is 1590. The van der Waals surface area contributed by atoms with E-state index in [0.29, 0.717) is 40.5 Å². The highest BCUT2D eigenvalue weighted by molar-refractivity contribution is 6.15. The lowest BCUT2D eigenvalue weighted by Gasteiger charge is -2.20. The fourth-order valence-corrected chi connectivity index (χ4v) is 4.12. The van der Waals surface area contributed by atoms with Gasteiger partial charge in [0, 0.05) is 49.1 Å². The third kappa shape index (κ3) is 6.63. The molecule has 0 amide bonds. The van der Waals surface area contributed by atoms with Crippen molar-refractivity contribution >= 4 is 34.5 Å². The summed E-state index contributed by atoms with van der Waals surface area (Å²) in [6, 6.07) is 15.2. The van der Waals surface area contributed by atoms with Crippen LogP contribution >= 0.6 is 0 Å². The molecule has 0 unspecified atom stereocenters. The van der Waals surface area contributed by atoms with Crippen molar-refractivity contribution in [1.29, 1.82) is 0 Å². The summed E-state index contributed by atoms with van der Waals surface area (Å²) in [5.74, 6) is 0.288. The molecule has 11 heteroatoms. The van der Waals surface area contributed by atoms with E-state index < -0.39 is 17.7 Å². The average Bonchev–Trinajstić information content (AvgIpc) is 3.32. The minimum absolute atomic E-state index is 0.0127. The van der Waals surface area contributed by atoms with Crippen molar-refractivity contribution in [3.63, 3.8) is 0 Å². The zero-order valence-corrected chi connectivity index (χ0v) is 24.0. The number of esters is 1. The molecule has 0 fully saturated rings. The first-order valence-corrected chi connectivity index (χ1v) is 13.1. The average molecular weight is 559 g/mol. The van der Waals surface area contributed by atoms with Crippen LogP contribution in [0.5, 0.6) is 5.88 Å². The SMILES string of the molecule is CCOC(=O)C(=CN)c1nc(-c2cn(C(=O)OC(C)(C)C)c3nc(OC)ccc23)cc(N(C)Cc2ccccc2)n1. The van der Waals surface area contributed by atoms with Crippen LogP contribution < -0.4 is 15.4 Å². The lowest BCUT2D eigenvalue weighted by Crippen LogP contribution is -2.26. The van der Waals surface area contributed by atoms with Crippen LogP contribution in [0.25, 0.3) is 27.9 Å². The number of aromatic nitrogens is 4. The monoisotopic (exact) mass is 558 g/mol. The molecule has 0 atom stereocenters. The molecule has 4 rings (SSSR count). The van der Waals surface area contributed by atoms with Gasteiger partial charge >= 0.3 is 12.1 Å². The van der Waals surface area contributed by atoms with Crippen molar-refractivity contribution in [2.24, 2.45) is 5.73 Å². The number of nitrogens with zero attached hydrogens (tertiary/aromatic N) is 5. The number of fused-ring (bicyclic) bond motifs is 1. The van der Waals surface area contributed by atoms with Gasteiger partial charge < -0.3 is 24.8 Å². The molecular weight excluding hydrogens is 524 g/mol. The molecule has 0 saturated heterocycles. The summed E-state index contributed by atoms with van der Waals surface area (Å²) in [4.78, 5) is 41.8. The maximum Gasteiger partial charge on any atom is 0.420 e. The molecule has 3 heterocycles. The summed E-state index contributed by atoms with van der Waals surface area (Å²) in [6.45, 7) is 7.76. The van der Waals surface area contributed by atoms with Gasteiger partial charge in [0.05, 0.1) is 19.4 Å². The third-order valence-electron chi connectivity index (χ3n) is 5.97. The number of rotatable bonds is 8. The van der Waals surface area contributed by atoms with Crippen LogP contribution in [-0.2, 0) is 20.8 Å². The van der Waals surface area contributed by atoms with Gasteiger partial charge in [0.15, 0.2) is 11.5 Å². The van der Waals surface area contributed by atoms with Crippen molar-refractivity contribution in [2.75, 3.05) is 25.7 Å². The normalized spacial score (nSPS) is 11.8. The quantitative estimate of drug-likeness (QED) is 0.238. The first kappa shape index (κ1) is 29.1. The lowest BCUT2D eigenvalue weighted by atomic mass is 10.1. The molecule has 0 radical (unpaired) electrons. The molecule has 41 heavy (non-hydrogen) atoms. The van der Waals surface area contributed by atoms with Gasteiger partial charge in [-0.3, -0.25) is 0 Å². The van der Waals surface area contributed by atoms with Gasteiger partial charge in [-0.15, -0.1) is 0 Å². The molecule has 2 N–H and O–H groups in total. The van der Waals surface area contributed by atoms with E-state index in [0.717, 1.165) is 11.8 Å². The molecular formula is C30H34N6O5. The smallest absolute Gasteiger partial charge is 0.420 e. The van der Waals surface area contributed by atoms with Crippen LogP contribution in [0.1, 0.15) is 39.1 Å². The number of carbonyl (C=O) groups excluding carboxylic acids is 2. The summed E-state index contributed by atoms with van der Waals surface area (Å²) in [6.07, 6.45) is 2.13. The van der Waals surface area contributed by atoms with Crippen molar-refractivity contribution in [2.45, 2.75) is 39.8 Å². The van der Waals surface area contributed by atoms with Crippen molar-refractivity contribution in [1.82, 2.24) is 19.5 Å². The first-order chi connectivity index (χ1) is 19.5. The minimum Gasteiger partial charge on any atom is -0.481 e. The second-order valence-electron chi connectivity index (χ2n) is 10.2. The van der Waals surface area contributed by atoms with Crippen LogP contribution in [0.15, 0.2) is 60.9 Å². The third-order valence-corrected chi connectivity index (χ3v) is 5.97. The van der Waals surface area contributed by atoms with E-state index in [1.54, 1.807) is 52.1 Å². The molecule has 3 aromatic heterocycles. The maximum atomic E-state index is 13.2. The highest BCUT2D eigenvalue weighted by atomic mass is 16.6. The van der Waals surface area contributed by atoms with E-state index in [2.05, 4.69) is 9.97 Å². The van der Waals surface area contributed by atoms with E-state index in [4.69, 9.17) is 24.9 Å². The number of pyridine rings is 1. The Morgan fingerprint density at radius 1 is 1.07 bits per heavy atom. The van der Waals surface area contributed by atoms with Crippen molar-refractivity contribution in [3.8, 4) is 17.1 Å². The van der Waals surface area contributed by atoms with Gasteiger partial charge in [0.2, 0.25) is 5.88 Å². The number of hydrogen-bond donors (Lipinski definition) is 1. The van der Waals surface area contributed by atoms with E-state index in [-0.39, 0.29) is 18.0 Å². The van der Waals surface area contributed by atoms with Crippen LogP contribution in [-0.4, -0.2) is 57.9 Å². The summed E-state index contributed by atoms with van der Waals surface area (Å²) < 4.78 is 17.5. The van der Waals surface area contributed by atoms with Crippen LogP contribution in [0.2, 0.25) is 0 Å². The molecule has 1 aromatic carbocycles. The number of carbonyl (C=O) groups is 2. The lowest BCUT2D eigenvalue weighted by molar-refractivity contribution is -0.136. The Labute approximate surface area is 238 Å². The highest BCUT2D eigenvalue weighted by Crippen LogP contribution is 2.33. The van der Waals surface area contributed by atoms with Crippen molar-refractivity contribution < 1.29 is 23.8 Å². The largest absolute Gasteiger partial charge is 0.481 e. The van der Waals surface area contributed by atoms with Crippen molar-refractivity contribution in [3.05, 3.63) is 72.3 Å². The number of methoxy groups -OCH3 is 1. The fourth-order valence-electron chi connectivity index (χ4n) is 4.12. The molecule has 4 aromatic rings. The zero-order valence-electron chi connectivity index (χ0n) is 24.0. The van der Waals surface area contributed by atoms with Crippen LogP contribution in [0.4, 0.5) is 10.6 Å². The van der Waals surface area contributed by atoms with E-state index in [1.165, 1.54) is 11.7 Å². The summed E-state index contributed by atoms with van der Waals surface area (Å²) in [5, 5.41) is 0.618. The minimum atomic E-state index is -0.734. The van der Waals surface area contributed by atoms with Gasteiger partial charge in [0.1, 0.15) is 17.0 Å². The first-order valence-electron chi connectivity index (χ1n) is 13.1. The second kappa shape index (κ2) is 12.1. The van der Waals surface area contributed by atoms with Crippen LogP contribution in [0.3, 0.4) is 0 Å². The van der Waals surface area contributed by atoms with E-state index in [1.807, 2.05) is 42.3 Å². The van der Waals surface area contributed by atoms with Gasteiger partial charge in [-0.05, 0) is 39.3 Å². The molecule has 0 aliphatic carbocycles. The predicted molar refractivity (Wildman–Crippen MR) is 156 cm³/mol. The highest BCUT2D eigenvalue weighted by Gasteiger charge is 2.25. The molecule has 11 nitrogen and oxygen atoms in total. The molecule has 214 valence electrons. The Kier molecular flexibility index (Phi) is 8.56. The van der Waals surface area contributed by atoms with Gasteiger partial charge in [0.25, 0.3) is 0 Å². The number of benzene rings is 1.